The number of hydrogen-bond donors (Lipinski definition) is 2. The van der Waals surface area contributed by atoms with E-state index in [1.54, 1.807) is 36.9 Å². The summed E-state index contributed by atoms with van der Waals surface area (Å²) in [6.07, 6.45) is 2.94. The second-order valence-electron chi connectivity index (χ2n) is 7.56. The summed E-state index contributed by atoms with van der Waals surface area (Å²) in [6.45, 7) is 9.17. The minimum atomic E-state index is -4.07. The molecule has 31 heavy (non-hydrogen) atoms. The van der Waals surface area contributed by atoms with Crippen molar-refractivity contribution in [2.24, 2.45) is 0 Å². The van der Waals surface area contributed by atoms with Gasteiger partial charge in [-0.05, 0) is 59.1 Å². The van der Waals surface area contributed by atoms with Crippen LogP contribution in [0.15, 0.2) is 23.1 Å². The smallest absolute Gasteiger partial charge is 0.264 e. The Balaban J connectivity index is 2.01. The minimum Gasteiger partial charge on any atom is -0.494 e. The first-order chi connectivity index (χ1) is 14.8. The van der Waals surface area contributed by atoms with Crippen molar-refractivity contribution in [3.8, 4) is 11.5 Å². The number of piperidine rings is 1. The molecule has 1 aliphatic rings. The summed E-state index contributed by atoms with van der Waals surface area (Å²) >= 11 is 0. The Kier molecular flexibility index (Phi) is 7.15. The van der Waals surface area contributed by atoms with Gasteiger partial charge in [-0.25, -0.2) is 8.42 Å². The highest BCUT2D eigenvalue weighted by atomic mass is 32.2. The van der Waals surface area contributed by atoms with Crippen LogP contribution in [0.5, 0.6) is 11.5 Å². The quantitative estimate of drug-likeness (QED) is 0.637. The number of hydrogen-bond acceptors (Lipinski definition) is 5. The molecule has 170 valence electrons. The lowest BCUT2D eigenvalue weighted by molar-refractivity contribution is 0.0720. The zero-order valence-corrected chi connectivity index (χ0v) is 19.4. The predicted molar refractivity (Wildman–Crippen MR) is 120 cm³/mol. The molecule has 2 heterocycles. The van der Waals surface area contributed by atoms with Crippen LogP contribution < -0.4 is 14.2 Å². The lowest BCUT2D eigenvalue weighted by Crippen LogP contribution is -2.36. The van der Waals surface area contributed by atoms with Crippen molar-refractivity contribution >= 4 is 21.6 Å². The average molecular weight is 450 g/mol. The van der Waals surface area contributed by atoms with Crippen LogP contribution in [0.4, 0.5) is 5.69 Å². The summed E-state index contributed by atoms with van der Waals surface area (Å²) in [5, 5.41) is 0. The van der Waals surface area contributed by atoms with Gasteiger partial charge in [0.1, 0.15) is 16.4 Å². The topological polar surface area (TPSA) is 101 Å². The van der Waals surface area contributed by atoms with Crippen LogP contribution in [0.2, 0.25) is 0 Å². The Morgan fingerprint density at radius 3 is 2.39 bits per heavy atom. The highest BCUT2D eigenvalue weighted by molar-refractivity contribution is 7.92. The fourth-order valence-corrected chi connectivity index (χ4v) is 5.44. The third kappa shape index (κ3) is 4.98. The fourth-order valence-electron chi connectivity index (χ4n) is 3.93. The number of nitrogens with zero attached hydrogens (tertiary/aromatic N) is 1. The van der Waals surface area contributed by atoms with Gasteiger partial charge in [0.25, 0.3) is 15.9 Å². The molecule has 1 aromatic heterocycles. The lowest BCUT2D eigenvalue weighted by Gasteiger charge is -2.27. The van der Waals surface area contributed by atoms with E-state index in [1.165, 1.54) is 0 Å². The van der Waals surface area contributed by atoms with Gasteiger partial charge in [0.2, 0.25) is 0 Å². The maximum absolute atomic E-state index is 13.5. The molecule has 0 aliphatic carbocycles. The van der Waals surface area contributed by atoms with E-state index in [0.717, 1.165) is 19.3 Å². The van der Waals surface area contributed by atoms with E-state index in [-0.39, 0.29) is 22.1 Å². The third-order valence-electron chi connectivity index (χ3n) is 5.25. The zero-order valence-electron chi connectivity index (χ0n) is 18.6. The highest BCUT2D eigenvalue weighted by Crippen LogP contribution is 2.34. The van der Waals surface area contributed by atoms with Gasteiger partial charge in [0.05, 0.1) is 24.5 Å². The molecule has 3 rings (SSSR count). The lowest BCUT2D eigenvalue weighted by atomic mass is 10.1. The molecule has 2 aromatic rings. The average Bonchev–Trinajstić information content (AvgIpc) is 3.04. The summed E-state index contributed by atoms with van der Waals surface area (Å²) in [5.41, 5.74) is 1.43. The molecule has 1 aliphatic heterocycles. The minimum absolute atomic E-state index is 0.0233. The standard InChI is InChI=1S/C22H31N3O5S/c1-5-29-17-10-11-19(30-6-2)18(14-17)24-31(27,28)21-16(4)23-15(3)20(21)22(26)25-12-8-7-9-13-25/h10-11,14,23-24H,5-9,12-13H2,1-4H3. The predicted octanol–water partition coefficient (Wildman–Crippen LogP) is 3.86. The number of aromatic nitrogens is 1. The number of sulfonamides is 1. The molecule has 0 atom stereocenters. The number of carbonyl (C=O) groups excluding carboxylic acids is 1. The van der Waals surface area contributed by atoms with Crippen molar-refractivity contribution in [2.75, 3.05) is 31.0 Å². The molecule has 0 radical (unpaired) electrons. The molecule has 1 aromatic carbocycles. The van der Waals surface area contributed by atoms with Crippen molar-refractivity contribution in [3.05, 3.63) is 35.2 Å². The van der Waals surface area contributed by atoms with E-state index in [2.05, 4.69) is 9.71 Å². The largest absolute Gasteiger partial charge is 0.494 e. The van der Waals surface area contributed by atoms with Crippen LogP contribution >= 0.6 is 0 Å². The summed E-state index contributed by atoms with van der Waals surface area (Å²) in [7, 11) is -4.07. The van der Waals surface area contributed by atoms with Gasteiger partial charge < -0.3 is 19.4 Å². The molecule has 0 unspecified atom stereocenters. The Hall–Kier alpha value is -2.68. The second-order valence-corrected chi connectivity index (χ2v) is 9.18. The number of rotatable bonds is 8. The van der Waals surface area contributed by atoms with Crippen LogP contribution in [0, 0.1) is 13.8 Å². The number of ether oxygens (including phenoxy) is 2. The van der Waals surface area contributed by atoms with Gasteiger partial charge in [-0.3, -0.25) is 9.52 Å². The molecule has 1 saturated heterocycles. The van der Waals surface area contributed by atoms with E-state index in [1.807, 2.05) is 13.8 Å². The SMILES string of the molecule is CCOc1ccc(OCC)c(NS(=O)(=O)c2c(C)[nH]c(C)c2C(=O)N2CCCCC2)c1. The molecule has 1 fully saturated rings. The van der Waals surface area contributed by atoms with Gasteiger partial charge in [-0.1, -0.05) is 0 Å². The number of amides is 1. The Labute approximate surface area is 184 Å². The molecule has 1 amide bonds. The maximum Gasteiger partial charge on any atom is 0.264 e. The number of nitrogens with one attached hydrogen (secondary N) is 2. The van der Waals surface area contributed by atoms with Crippen LogP contribution in [-0.2, 0) is 10.0 Å². The molecule has 0 spiro atoms. The van der Waals surface area contributed by atoms with E-state index in [9.17, 15) is 13.2 Å². The number of aryl methyl sites for hydroxylation is 2. The van der Waals surface area contributed by atoms with E-state index >= 15 is 0 Å². The second kappa shape index (κ2) is 9.64. The van der Waals surface area contributed by atoms with E-state index < -0.39 is 10.0 Å². The first-order valence-electron chi connectivity index (χ1n) is 10.7. The van der Waals surface area contributed by atoms with E-state index in [0.29, 0.717) is 49.2 Å². The number of carbonyl (C=O) groups is 1. The van der Waals surface area contributed by atoms with Gasteiger partial charge in [0.15, 0.2) is 0 Å². The van der Waals surface area contributed by atoms with Crippen molar-refractivity contribution < 1.29 is 22.7 Å². The molecule has 9 heteroatoms. The third-order valence-corrected chi connectivity index (χ3v) is 6.79. The summed E-state index contributed by atoms with van der Waals surface area (Å²) in [5.74, 6) is 0.661. The Morgan fingerprint density at radius 1 is 1.06 bits per heavy atom. The maximum atomic E-state index is 13.5. The molecule has 0 bridgehead atoms. The molecular weight excluding hydrogens is 418 g/mol. The van der Waals surface area contributed by atoms with Gasteiger partial charge in [-0.15, -0.1) is 0 Å². The zero-order chi connectivity index (χ0) is 22.6. The molecular formula is C22H31N3O5S. The first kappa shape index (κ1) is 23.0. The number of aromatic amines is 1. The fraction of sp³-hybridized carbons (Fsp3) is 0.500. The first-order valence-corrected chi connectivity index (χ1v) is 12.2. The Bertz CT molecular complexity index is 1040. The number of anilines is 1. The molecule has 8 nitrogen and oxygen atoms in total. The van der Waals surface area contributed by atoms with Crippen molar-refractivity contribution in [1.82, 2.24) is 9.88 Å². The normalized spacial score (nSPS) is 14.4. The molecule has 0 saturated carbocycles. The van der Waals surface area contributed by atoms with Gasteiger partial charge >= 0.3 is 0 Å². The summed E-state index contributed by atoms with van der Waals surface area (Å²) in [6, 6.07) is 4.98. The van der Waals surface area contributed by atoms with Crippen LogP contribution in [0.3, 0.4) is 0 Å². The van der Waals surface area contributed by atoms with Crippen molar-refractivity contribution in [3.63, 3.8) is 0 Å². The number of likely N-dealkylation sites (tertiary alicyclic amines) is 1. The van der Waals surface area contributed by atoms with Crippen LogP contribution in [-0.4, -0.2) is 50.5 Å². The number of H-pyrrole nitrogens is 1. The van der Waals surface area contributed by atoms with E-state index in [4.69, 9.17) is 9.47 Å². The van der Waals surface area contributed by atoms with Crippen LogP contribution in [0.1, 0.15) is 54.9 Å². The summed E-state index contributed by atoms with van der Waals surface area (Å²) in [4.78, 5) is 18.0. The highest BCUT2D eigenvalue weighted by Gasteiger charge is 2.32. The monoisotopic (exact) mass is 449 g/mol. The molecule has 2 N–H and O–H groups in total. The van der Waals surface area contributed by atoms with Crippen LogP contribution in [0.25, 0.3) is 0 Å². The van der Waals surface area contributed by atoms with Gasteiger partial charge in [0, 0.05) is 30.5 Å². The van der Waals surface area contributed by atoms with Crippen molar-refractivity contribution in [2.45, 2.75) is 51.9 Å². The summed E-state index contributed by atoms with van der Waals surface area (Å²) < 4.78 is 40.7. The van der Waals surface area contributed by atoms with Gasteiger partial charge in [-0.2, -0.15) is 0 Å². The number of benzene rings is 1. The van der Waals surface area contributed by atoms with Crippen molar-refractivity contribution in [1.29, 1.82) is 0 Å². The Morgan fingerprint density at radius 2 is 1.74 bits per heavy atom.